The van der Waals surface area contributed by atoms with Crippen LogP contribution in [-0.2, 0) is 19.0 Å². The van der Waals surface area contributed by atoms with E-state index in [1.807, 2.05) is 0 Å². The van der Waals surface area contributed by atoms with Crippen LogP contribution in [0.25, 0.3) is 0 Å². The van der Waals surface area contributed by atoms with Crippen LogP contribution < -0.4 is 0 Å². The van der Waals surface area contributed by atoms with Gasteiger partial charge in [0.2, 0.25) is 0 Å². The van der Waals surface area contributed by atoms with Crippen molar-refractivity contribution in [2.24, 2.45) is 0 Å². The molecule has 1 fully saturated rings. The van der Waals surface area contributed by atoms with Crippen molar-refractivity contribution in [2.75, 3.05) is 19.5 Å². The lowest BCUT2D eigenvalue weighted by Crippen LogP contribution is -2.14. The van der Waals surface area contributed by atoms with Gasteiger partial charge in [-0.1, -0.05) is 12.8 Å². The molecule has 78 valence electrons. The molecule has 0 N–H and O–H groups in total. The fourth-order valence-corrected chi connectivity index (χ4v) is 1.83. The summed E-state index contributed by atoms with van der Waals surface area (Å²) in [5.74, 6) is 0. The molecule has 0 amide bonds. The van der Waals surface area contributed by atoms with Gasteiger partial charge in [0, 0.05) is 0 Å². The van der Waals surface area contributed by atoms with E-state index >= 15 is 0 Å². The largest absolute Gasteiger partial charge is 0.376 e. The summed E-state index contributed by atoms with van der Waals surface area (Å²) in [6.45, 7) is 0.507. The van der Waals surface area contributed by atoms with E-state index in [2.05, 4.69) is 4.18 Å². The smallest absolute Gasteiger partial charge is 0.264 e. The molecule has 0 saturated heterocycles. The standard InChI is InChI=1S/C8H16O4S/c1-13(9,10)12-7-6-11-8-4-2-3-5-8/h8H,2-7H2,1H3. The quantitative estimate of drug-likeness (QED) is 0.498. The number of hydrogen-bond donors (Lipinski definition) is 0. The van der Waals surface area contributed by atoms with E-state index in [9.17, 15) is 8.42 Å². The highest BCUT2D eigenvalue weighted by Crippen LogP contribution is 2.20. The molecule has 0 heterocycles. The van der Waals surface area contributed by atoms with Crippen LogP contribution in [0.15, 0.2) is 0 Å². The zero-order valence-electron chi connectivity index (χ0n) is 7.86. The van der Waals surface area contributed by atoms with Crippen LogP contribution in [0.1, 0.15) is 25.7 Å². The van der Waals surface area contributed by atoms with Crippen molar-refractivity contribution in [1.29, 1.82) is 0 Å². The topological polar surface area (TPSA) is 52.6 Å². The van der Waals surface area contributed by atoms with Gasteiger partial charge in [-0.25, -0.2) is 0 Å². The van der Waals surface area contributed by atoms with E-state index in [1.54, 1.807) is 0 Å². The fraction of sp³-hybridized carbons (Fsp3) is 1.00. The average Bonchev–Trinajstić information content (AvgIpc) is 2.48. The third-order valence-corrected chi connectivity index (χ3v) is 2.63. The van der Waals surface area contributed by atoms with Crippen LogP contribution in [0, 0.1) is 0 Å². The molecule has 0 radical (unpaired) electrons. The van der Waals surface area contributed by atoms with Gasteiger partial charge in [0.15, 0.2) is 0 Å². The molecule has 0 aliphatic heterocycles. The Kier molecular flexibility index (Phi) is 4.15. The summed E-state index contributed by atoms with van der Waals surface area (Å²) in [5.41, 5.74) is 0. The van der Waals surface area contributed by atoms with Crippen molar-refractivity contribution in [1.82, 2.24) is 0 Å². The minimum absolute atomic E-state index is 0.134. The zero-order chi connectivity index (χ0) is 9.73. The van der Waals surface area contributed by atoms with Gasteiger partial charge < -0.3 is 4.74 Å². The molecule has 0 aromatic rings. The normalized spacial score (nSPS) is 19.5. The lowest BCUT2D eigenvalue weighted by molar-refractivity contribution is 0.0395. The summed E-state index contributed by atoms with van der Waals surface area (Å²) < 4.78 is 31.0. The fourth-order valence-electron chi connectivity index (χ4n) is 1.46. The molecule has 0 aromatic heterocycles. The summed E-state index contributed by atoms with van der Waals surface area (Å²) in [6, 6.07) is 0. The summed E-state index contributed by atoms with van der Waals surface area (Å²) in [7, 11) is -3.30. The molecule has 0 bridgehead atoms. The van der Waals surface area contributed by atoms with E-state index in [4.69, 9.17) is 4.74 Å². The van der Waals surface area contributed by atoms with Gasteiger partial charge in [-0.3, -0.25) is 4.18 Å². The first-order chi connectivity index (χ1) is 6.08. The van der Waals surface area contributed by atoms with Gasteiger partial charge in [-0.2, -0.15) is 8.42 Å². The zero-order valence-corrected chi connectivity index (χ0v) is 8.68. The van der Waals surface area contributed by atoms with Crippen molar-refractivity contribution in [3.8, 4) is 0 Å². The Morgan fingerprint density at radius 1 is 1.23 bits per heavy atom. The maximum absolute atomic E-state index is 10.5. The monoisotopic (exact) mass is 208 g/mol. The highest BCUT2D eigenvalue weighted by Gasteiger charge is 2.14. The molecular weight excluding hydrogens is 192 g/mol. The van der Waals surface area contributed by atoms with Crippen molar-refractivity contribution >= 4 is 10.1 Å². The molecule has 5 heteroatoms. The first kappa shape index (κ1) is 10.9. The molecule has 1 aliphatic rings. The molecule has 0 unspecified atom stereocenters. The number of rotatable bonds is 5. The Hall–Kier alpha value is -0.130. The van der Waals surface area contributed by atoms with Crippen LogP contribution in [-0.4, -0.2) is 34.0 Å². The lowest BCUT2D eigenvalue weighted by atomic mass is 10.3. The Balaban J connectivity index is 2.01. The third-order valence-electron chi connectivity index (χ3n) is 2.04. The SMILES string of the molecule is CS(=O)(=O)OCCOC1CCCC1. The van der Waals surface area contributed by atoms with Crippen LogP contribution in [0.2, 0.25) is 0 Å². The van der Waals surface area contributed by atoms with E-state index in [-0.39, 0.29) is 6.61 Å². The molecule has 0 atom stereocenters. The summed E-state index contributed by atoms with van der Waals surface area (Å²) >= 11 is 0. The van der Waals surface area contributed by atoms with Gasteiger partial charge in [0.25, 0.3) is 10.1 Å². The molecular formula is C8H16O4S. The van der Waals surface area contributed by atoms with E-state index in [0.717, 1.165) is 19.1 Å². The van der Waals surface area contributed by atoms with Gasteiger partial charge >= 0.3 is 0 Å². The third kappa shape index (κ3) is 5.23. The minimum atomic E-state index is -3.30. The van der Waals surface area contributed by atoms with Gasteiger partial charge in [0.05, 0.1) is 25.6 Å². The van der Waals surface area contributed by atoms with Gasteiger partial charge in [0.1, 0.15) is 0 Å². The van der Waals surface area contributed by atoms with Gasteiger partial charge in [-0.15, -0.1) is 0 Å². The first-order valence-corrected chi connectivity index (χ1v) is 6.35. The number of ether oxygens (including phenoxy) is 1. The van der Waals surface area contributed by atoms with Crippen molar-refractivity contribution in [2.45, 2.75) is 31.8 Å². The average molecular weight is 208 g/mol. The van der Waals surface area contributed by atoms with Crippen molar-refractivity contribution < 1.29 is 17.3 Å². The summed E-state index contributed by atoms with van der Waals surface area (Å²) in [4.78, 5) is 0. The van der Waals surface area contributed by atoms with Gasteiger partial charge in [-0.05, 0) is 12.8 Å². The van der Waals surface area contributed by atoms with Crippen molar-refractivity contribution in [3.63, 3.8) is 0 Å². The first-order valence-electron chi connectivity index (χ1n) is 4.54. The highest BCUT2D eigenvalue weighted by atomic mass is 32.2. The summed E-state index contributed by atoms with van der Waals surface area (Å²) in [5, 5.41) is 0. The van der Waals surface area contributed by atoms with E-state index < -0.39 is 10.1 Å². The molecule has 1 aliphatic carbocycles. The molecule has 1 rings (SSSR count). The van der Waals surface area contributed by atoms with Crippen LogP contribution in [0.5, 0.6) is 0 Å². The van der Waals surface area contributed by atoms with Crippen LogP contribution in [0.4, 0.5) is 0 Å². The Bertz CT molecular complexity index is 229. The second-order valence-corrected chi connectivity index (χ2v) is 4.95. The van der Waals surface area contributed by atoms with Crippen molar-refractivity contribution in [3.05, 3.63) is 0 Å². The number of hydrogen-bond acceptors (Lipinski definition) is 4. The Labute approximate surface area is 79.3 Å². The molecule has 1 saturated carbocycles. The van der Waals surface area contributed by atoms with Crippen LogP contribution in [0.3, 0.4) is 0 Å². The lowest BCUT2D eigenvalue weighted by Gasteiger charge is -2.09. The van der Waals surface area contributed by atoms with Crippen LogP contribution >= 0.6 is 0 Å². The second-order valence-electron chi connectivity index (χ2n) is 3.30. The minimum Gasteiger partial charge on any atom is -0.376 e. The molecule has 0 aromatic carbocycles. The highest BCUT2D eigenvalue weighted by molar-refractivity contribution is 7.85. The Morgan fingerprint density at radius 2 is 1.85 bits per heavy atom. The second kappa shape index (κ2) is 4.93. The predicted molar refractivity (Wildman–Crippen MR) is 49.0 cm³/mol. The predicted octanol–water partition coefficient (Wildman–Crippen LogP) is 0.922. The maximum Gasteiger partial charge on any atom is 0.264 e. The summed E-state index contributed by atoms with van der Waals surface area (Å²) in [6.07, 6.45) is 6.00. The van der Waals surface area contributed by atoms with E-state index in [1.165, 1.54) is 12.8 Å². The molecule has 13 heavy (non-hydrogen) atoms. The van der Waals surface area contributed by atoms with E-state index in [0.29, 0.717) is 12.7 Å². The Morgan fingerprint density at radius 3 is 2.38 bits per heavy atom. The maximum atomic E-state index is 10.5. The molecule has 0 spiro atoms. The molecule has 4 nitrogen and oxygen atoms in total.